The van der Waals surface area contributed by atoms with Gasteiger partial charge >= 0.3 is 5.97 Å². The number of pyridine rings is 1. The molecule has 0 atom stereocenters. The van der Waals surface area contributed by atoms with Crippen LogP contribution in [0.15, 0.2) is 24.4 Å². The van der Waals surface area contributed by atoms with E-state index in [4.69, 9.17) is 10.5 Å². The molecule has 1 aromatic carbocycles. The van der Waals surface area contributed by atoms with Crippen LogP contribution in [0.2, 0.25) is 0 Å². The van der Waals surface area contributed by atoms with E-state index in [2.05, 4.69) is 4.98 Å². The van der Waals surface area contributed by atoms with Gasteiger partial charge in [-0.25, -0.2) is 9.78 Å². The summed E-state index contributed by atoms with van der Waals surface area (Å²) in [6.07, 6.45) is 1.48. The van der Waals surface area contributed by atoms with Crippen molar-refractivity contribution < 1.29 is 14.6 Å². The van der Waals surface area contributed by atoms with Gasteiger partial charge in [-0.2, -0.15) is 0 Å². The number of carbonyl (C=O) groups is 1. The van der Waals surface area contributed by atoms with Crippen LogP contribution in [0.4, 0.5) is 5.69 Å². The van der Waals surface area contributed by atoms with E-state index in [1.165, 1.54) is 6.20 Å². The first-order valence-corrected chi connectivity index (χ1v) is 5.17. The Morgan fingerprint density at radius 3 is 3.00 bits per heavy atom. The van der Waals surface area contributed by atoms with Crippen molar-refractivity contribution in [3.63, 3.8) is 0 Å². The highest BCUT2D eigenvalue weighted by Gasteiger charge is 2.16. The summed E-state index contributed by atoms with van der Waals surface area (Å²) >= 11 is 0. The quantitative estimate of drug-likeness (QED) is 0.608. The molecule has 2 aromatic rings. The molecule has 0 aliphatic rings. The highest BCUT2D eigenvalue weighted by atomic mass is 16.5. The molecule has 0 radical (unpaired) electrons. The second kappa shape index (κ2) is 4.29. The number of carbonyl (C=O) groups excluding carboxylic acids is 1. The number of ether oxygens (including phenoxy) is 1. The maximum Gasteiger partial charge on any atom is 0.360 e. The first-order valence-electron chi connectivity index (χ1n) is 5.17. The van der Waals surface area contributed by atoms with Gasteiger partial charge in [-0.1, -0.05) is 0 Å². The Hall–Kier alpha value is -2.30. The molecule has 0 saturated heterocycles. The van der Waals surface area contributed by atoms with Gasteiger partial charge in [0, 0.05) is 22.7 Å². The fraction of sp³-hybridized carbons (Fsp3) is 0.167. The standard InChI is InChI=1S/C12H12N2O3/c1-2-17-12(16)10-11(15)9-4-3-8(13)5-7(9)6-14-10/h3-6,15H,2,13H2,1H3. The van der Waals surface area contributed by atoms with Crippen molar-refractivity contribution in [1.29, 1.82) is 0 Å². The van der Waals surface area contributed by atoms with Gasteiger partial charge in [0.25, 0.3) is 0 Å². The minimum absolute atomic E-state index is 0.0795. The molecule has 5 nitrogen and oxygen atoms in total. The first-order chi connectivity index (χ1) is 8.13. The molecule has 5 heteroatoms. The highest BCUT2D eigenvalue weighted by molar-refractivity contribution is 5.99. The second-order valence-electron chi connectivity index (χ2n) is 3.52. The number of benzene rings is 1. The van der Waals surface area contributed by atoms with Gasteiger partial charge in [-0.15, -0.1) is 0 Å². The van der Waals surface area contributed by atoms with Crippen LogP contribution in [0.1, 0.15) is 17.4 Å². The van der Waals surface area contributed by atoms with Crippen molar-refractivity contribution >= 4 is 22.4 Å². The summed E-state index contributed by atoms with van der Waals surface area (Å²) < 4.78 is 4.80. The van der Waals surface area contributed by atoms with Crippen LogP contribution >= 0.6 is 0 Å². The van der Waals surface area contributed by atoms with Crippen LogP contribution in [0.3, 0.4) is 0 Å². The number of nitrogen functional groups attached to an aromatic ring is 1. The largest absolute Gasteiger partial charge is 0.505 e. The summed E-state index contributed by atoms with van der Waals surface area (Å²) in [6.45, 7) is 1.93. The van der Waals surface area contributed by atoms with Gasteiger partial charge in [0.05, 0.1) is 6.61 Å². The van der Waals surface area contributed by atoms with Crippen LogP contribution in [-0.2, 0) is 4.74 Å². The fourth-order valence-corrected chi connectivity index (χ4v) is 1.58. The lowest BCUT2D eigenvalue weighted by molar-refractivity contribution is 0.0516. The fourth-order valence-electron chi connectivity index (χ4n) is 1.58. The van der Waals surface area contributed by atoms with E-state index in [1.54, 1.807) is 25.1 Å². The Labute approximate surface area is 97.8 Å². The van der Waals surface area contributed by atoms with Gasteiger partial charge in [-0.05, 0) is 25.1 Å². The molecular weight excluding hydrogens is 220 g/mol. The number of aromatic nitrogens is 1. The molecule has 0 aliphatic carbocycles. The molecule has 0 aliphatic heterocycles. The Balaban J connectivity index is 2.58. The maximum absolute atomic E-state index is 11.5. The van der Waals surface area contributed by atoms with Gasteiger partial charge in [0.1, 0.15) is 0 Å². The number of rotatable bonds is 2. The summed E-state index contributed by atoms with van der Waals surface area (Å²) in [5.74, 6) is -0.815. The number of esters is 1. The normalized spacial score (nSPS) is 10.4. The third-order valence-corrected chi connectivity index (χ3v) is 2.36. The van der Waals surface area contributed by atoms with Crippen molar-refractivity contribution in [3.05, 3.63) is 30.1 Å². The predicted molar refractivity (Wildman–Crippen MR) is 63.8 cm³/mol. The molecule has 2 rings (SSSR count). The van der Waals surface area contributed by atoms with Crippen molar-refractivity contribution in [1.82, 2.24) is 4.98 Å². The zero-order chi connectivity index (χ0) is 12.4. The summed E-state index contributed by atoms with van der Waals surface area (Å²) in [5, 5.41) is 11.1. The Morgan fingerprint density at radius 1 is 1.53 bits per heavy atom. The molecule has 1 heterocycles. The van der Waals surface area contributed by atoms with E-state index in [-0.39, 0.29) is 18.1 Å². The number of hydrogen-bond donors (Lipinski definition) is 2. The summed E-state index contributed by atoms with van der Waals surface area (Å²) in [6, 6.07) is 4.97. The van der Waals surface area contributed by atoms with E-state index in [9.17, 15) is 9.90 Å². The zero-order valence-corrected chi connectivity index (χ0v) is 9.30. The van der Waals surface area contributed by atoms with Crippen molar-refractivity contribution in [3.8, 4) is 5.75 Å². The molecule has 0 unspecified atom stereocenters. The Kier molecular flexibility index (Phi) is 2.82. The SMILES string of the molecule is CCOC(=O)c1ncc2cc(N)ccc2c1O. The molecule has 0 bridgehead atoms. The van der Waals surface area contributed by atoms with Gasteiger partial charge in [0.2, 0.25) is 0 Å². The molecule has 1 aromatic heterocycles. The third-order valence-electron chi connectivity index (χ3n) is 2.36. The lowest BCUT2D eigenvalue weighted by Gasteiger charge is -2.06. The van der Waals surface area contributed by atoms with Crippen LogP contribution < -0.4 is 5.73 Å². The Morgan fingerprint density at radius 2 is 2.29 bits per heavy atom. The van der Waals surface area contributed by atoms with E-state index in [0.29, 0.717) is 16.5 Å². The average molecular weight is 232 g/mol. The van der Waals surface area contributed by atoms with E-state index in [1.807, 2.05) is 0 Å². The van der Waals surface area contributed by atoms with E-state index in [0.717, 1.165) is 0 Å². The molecule has 0 fully saturated rings. The van der Waals surface area contributed by atoms with E-state index < -0.39 is 5.97 Å². The third kappa shape index (κ3) is 1.99. The molecule has 88 valence electrons. The van der Waals surface area contributed by atoms with Gasteiger partial charge < -0.3 is 15.6 Å². The van der Waals surface area contributed by atoms with Crippen LogP contribution in [-0.4, -0.2) is 22.7 Å². The zero-order valence-electron chi connectivity index (χ0n) is 9.30. The number of nitrogens with two attached hydrogens (primary N) is 1. The molecule has 0 spiro atoms. The van der Waals surface area contributed by atoms with Crippen LogP contribution in [0.5, 0.6) is 5.75 Å². The maximum atomic E-state index is 11.5. The molecule has 0 saturated carbocycles. The summed E-state index contributed by atoms with van der Waals surface area (Å²) in [5.41, 5.74) is 6.11. The lowest BCUT2D eigenvalue weighted by Crippen LogP contribution is -2.07. The van der Waals surface area contributed by atoms with Crippen LogP contribution in [0, 0.1) is 0 Å². The van der Waals surface area contributed by atoms with Crippen molar-refractivity contribution in [2.24, 2.45) is 0 Å². The Bertz CT molecular complexity index is 581. The molecule has 0 amide bonds. The minimum Gasteiger partial charge on any atom is -0.505 e. The summed E-state index contributed by atoms with van der Waals surface area (Å²) in [7, 11) is 0. The summed E-state index contributed by atoms with van der Waals surface area (Å²) in [4.78, 5) is 15.4. The van der Waals surface area contributed by atoms with Crippen molar-refractivity contribution in [2.75, 3.05) is 12.3 Å². The highest BCUT2D eigenvalue weighted by Crippen LogP contribution is 2.28. The number of aromatic hydroxyl groups is 1. The second-order valence-corrected chi connectivity index (χ2v) is 3.52. The van der Waals surface area contributed by atoms with Crippen LogP contribution in [0.25, 0.3) is 10.8 Å². The number of hydrogen-bond acceptors (Lipinski definition) is 5. The van der Waals surface area contributed by atoms with Gasteiger partial charge in [0.15, 0.2) is 11.4 Å². The number of anilines is 1. The number of nitrogens with zero attached hydrogens (tertiary/aromatic N) is 1. The average Bonchev–Trinajstić information content (AvgIpc) is 2.29. The monoisotopic (exact) mass is 232 g/mol. The first kappa shape index (κ1) is 11.2. The minimum atomic E-state index is -0.635. The number of fused-ring (bicyclic) bond motifs is 1. The molecule has 17 heavy (non-hydrogen) atoms. The molecule has 3 N–H and O–H groups in total. The predicted octanol–water partition coefficient (Wildman–Crippen LogP) is 1.70. The topological polar surface area (TPSA) is 85.4 Å². The molecular formula is C12H12N2O3. The lowest BCUT2D eigenvalue weighted by atomic mass is 10.1. The van der Waals surface area contributed by atoms with Crippen molar-refractivity contribution in [2.45, 2.75) is 6.92 Å². The smallest absolute Gasteiger partial charge is 0.360 e. The van der Waals surface area contributed by atoms with E-state index >= 15 is 0 Å². The van der Waals surface area contributed by atoms with Gasteiger partial charge in [-0.3, -0.25) is 0 Å².